The molecule has 1 amide bonds. The van der Waals surface area contributed by atoms with Gasteiger partial charge in [0.25, 0.3) is 5.91 Å². The van der Waals surface area contributed by atoms with Crippen LogP contribution in [0.2, 0.25) is 0 Å². The minimum atomic E-state index is -0.145. The second-order valence-corrected chi connectivity index (χ2v) is 7.13. The molecule has 2 atom stereocenters. The molecule has 0 saturated heterocycles. The summed E-state index contributed by atoms with van der Waals surface area (Å²) in [6, 6.07) is 5.71. The molecule has 2 aromatic rings. The number of hydrogen-bond donors (Lipinski definition) is 2. The van der Waals surface area contributed by atoms with Crippen molar-refractivity contribution in [3.8, 4) is 0 Å². The topological polar surface area (TPSA) is 66.6 Å². The Hall–Kier alpha value is -1.88. The quantitative estimate of drug-likeness (QED) is 0.890. The van der Waals surface area contributed by atoms with Gasteiger partial charge < -0.3 is 14.8 Å². The van der Waals surface area contributed by atoms with Crippen LogP contribution in [0.3, 0.4) is 0 Å². The number of aliphatic hydroxyl groups excluding tert-OH is 1. The Balaban J connectivity index is 1.50. The van der Waals surface area contributed by atoms with Gasteiger partial charge in [-0.25, -0.2) is 4.98 Å². The summed E-state index contributed by atoms with van der Waals surface area (Å²) >= 11 is 0. The van der Waals surface area contributed by atoms with Gasteiger partial charge >= 0.3 is 0 Å². The fourth-order valence-electron chi connectivity index (χ4n) is 4.33. The van der Waals surface area contributed by atoms with Crippen molar-refractivity contribution < 1.29 is 9.90 Å². The van der Waals surface area contributed by atoms with Crippen molar-refractivity contribution in [2.75, 3.05) is 13.2 Å². The number of rotatable bonds is 5. The first-order valence-corrected chi connectivity index (χ1v) is 8.54. The number of pyridine rings is 1. The predicted octanol–water partition coefficient (Wildman–Crippen LogP) is 2.25. The number of nitrogens with one attached hydrogen (secondary N) is 1. The lowest BCUT2D eigenvalue weighted by molar-refractivity contribution is 0.0653. The van der Waals surface area contributed by atoms with Gasteiger partial charge in [0.15, 0.2) is 5.69 Å². The van der Waals surface area contributed by atoms with Crippen LogP contribution < -0.4 is 5.32 Å². The fourth-order valence-corrected chi connectivity index (χ4v) is 4.33. The maximum absolute atomic E-state index is 12.6. The van der Waals surface area contributed by atoms with Crippen LogP contribution in [0.15, 0.2) is 30.7 Å². The molecular weight excluding hydrogens is 290 g/mol. The van der Waals surface area contributed by atoms with E-state index in [0.717, 1.165) is 24.3 Å². The van der Waals surface area contributed by atoms with Crippen molar-refractivity contribution >= 4 is 11.4 Å². The number of carbonyl (C=O) groups excluding carboxylic acids is 1. The van der Waals surface area contributed by atoms with Gasteiger partial charge in [0.1, 0.15) is 6.33 Å². The van der Waals surface area contributed by atoms with Crippen molar-refractivity contribution in [1.82, 2.24) is 14.7 Å². The molecule has 2 N–H and O–H groups in total. The number of aromatic nitrogens is 2. The SMILES string of the molecule is O=C(NCC1(CO)CCCC1C1CC1)c1ncn2ccccc12. The molecule has 122 valence electrons. The van der Waals surface area contributed by atoms with Gasteiger partial charge in [-0.3, -0.25) is 4.79 Å². The zero-order chi connectivity index (χ0) is 15.9. The predicted molar refractivity (Wildman–Crippen MR) is 87.1 cm³/mol. The highest BCUT2D eigenvalue weighted by molar-refractivity contribution is 5.98. The second kappa shape index (κ2) is 5.64. The van der Waals surface area contributed by atoms with Crippen molar-refractivity contribution in [3.63, 3.8) is 0 Å². The Labute approximate surface area is 135 Å². The molecule has 0 spiro atoms. The fraction of sp³-hybridized carbons (Fsp3) is 0.556. The molecule has 4 rings (SSSR count). The Bertz CT molecular complexity index is 722. The van der Waals surface area contributed by atoms with Crippen molar-refractivity contribution in [2.45, 2.75) is 32.1 Å². The molecule has 2 aromatic heterocycles. The first-order chi connectivity index (χ1) is 11.2. The summed E-state index contributed by atoms with van der Waals surface area (Å²) in [7, 11) is 0. The number of nitrogens with zero attached hydrogens (tertiary/aromatic N) is 2. The van der Waals surface area contributed by atoms with E-state index in [1.165, 1.54) is 19.3 Å². The molecule has 2 fully saturated rings. The molecule has 23 heavy (non-hydrogen) atoms. The lowest BCUT2D eigenvalue weighted by atomic mass is 9.75. The van der Waals surface area contributed by atoms with Gasteiger partial charge in [0.2, 0.25) is 0 Å². The van der Waals surface area contributed by atoms with Crippen LogP contribution in [0.25, 0.3) is 5.52 Å². The molecule has 2 heterocycles. The highest BCUT2D eigenvalue weighted by Gasteiger charge is 2.49. The van der Waals surface area contributed by atoms with E-state index in [0.29, 0.717) is 18.2 Å². The van der Waals surface area contributed by atoms with Crippen LogP contribution in [0, 0.1) is 17.3 Å². The third-order valence-corrected chi connectivity index (χ3v) is 5.74. The van der Waals surface area contributed by atoms with E-state index in [1.54, 1.807) is 6.33 Å². The summed E-state index contributed by atoms with van der Waals surface area (Å²) in [4.78, 5) is 16.8. The number of carbonyl (C=O) groups is 1. The molecule has 2 aliphatic rings. The summed E-state index contributed by atoms with van der Waals surface area (Å²) in [5, 5.41) is 13.1. The number of aliphatic hydroxyl groups is 1. The minimum absolute atomic E-state index is 0.133. The summed E-state index contributed by atoms with van der Waals surface area (Å²) in [5.74, 6) is 1.18. The van der Waals surface area contributed by atoms with Gasteiger partial charge in [0, 0.05) is 18.2 Å². The molecule has 5 nitrogen and oxygen atoms in total. The standard InChI is InChI=1S/C18H23N3O2/c22-11-18(8-3-4-14(18)13-6-7-13)10-19-17(23)16-15-5-1-2-9-21(15)12-20-16/h1-2,5,9,12-14,22H,3-4,6-8,10-11H2,(H,19,23). The summed E-state index contributed by atoms with van der Waals surface area (Å²) < 4.78 is 1.85. The van der Waals surface area contributed by atoms with Gasteiger partial charge in [0.05, 0.1) is 12.1 Å². The number of imidazole rings is 1. The summed E-state index contributed by atoms with van der Waals surface area (Å²) in [6.07, 6.45) is 9.47. The lowest BCUT2D eigenvalue weighted by Crippen LogP contribution is -2.43. The zero-order valence-corrected chi connectivity index (χ0v) is 13.2. The van der Waals surface area contributed by atoms with Crippen LogP contribution in [0.4, 0.5) is 0 Å². The first-order valence-electron chi connectivity index (χ1n) is 8.54. The van der Waals surface area contributed by atoms with E-state index in [9.17, 15) is 9.90 Å². The molecule has 2 unspecified atom stereocenters. The Morgan fingerprint density at radius 1 is 1.39 bits per heavy atom. The second-order valence-electron chi connectivity index (χ2n) is 7.13. The largest absolute Gasteiger partial charge is 0.396 e. The van der Waals surface area contributed by atoms with E-state index in [4.69, 9.17) is 0 Å². The highest BCUT2D eigenvalue weighted by Crippen LogP contribution is 2.54. The average Bonchev–Trinajstić information content (AvgIpc) is 3.19. The smallest absolute Gasteiger partial charge is 0.272 e. The molecule has 0 radical (unpaired) electrons. The van der Waals surface area contributed by atoms with Crippen molar-refractivity contribution in [1.29, 1.82) is 0 Å². The highest BCUT2D eigenvalue weighted by atomic mass is 16.3. The van der Waals surface area contributed by atoms with Crippen LogP contribution in [-0.2, 0) is 0 Å². The normalized spacial score (nSPS) is 27.4. The number of amides is 1. The molecular formula is C18H23N3O2. The monoisotopic (exact) mass is 313 g/mol. The molecule has 5 heteroatoms. The molecule has 0 aliphatic heterocycles. The van der Waals surface area contributed by atoms with Crippen LogP contribution in [-0.4, -0.2) is 33.6 Å². The maximum Gasteiger partial charge on any atom is 0.272 e. The van der Waals surface area contributed by atoms with Crippen LogP contribution in [0.1, 0.15) is 42.6 Å². The summed E-state index contributed by atoms with van der Waals surface area (Å²) in [6.45, 7) is 0.716. The van der Waals surface area contributed by atoms with E-state index < -0.39 is 0 Å². The van der Waals surface area contributed by atoms with Gasteiger partial charge in [-0.2, -0.15) is 0 Å². The third-order valence-electron chi connectivity index (χ3n) is 5.74. The van der Waals surface area contributed by atoms with E-state index >= 15 is 0 Å². The van der Waals surface area contributed by atoms with Crippen LogP contribution in [0.5, 0.6) is 0 Å². The third kappa shape index (κ3) is 2.53. The van der Waals surface area contributed by atoms with Crippen LogP contribution >= 0.6 is 0 Å². The number of fused-ring (bicyclic) bond motifs is 1. The van der Waals surface area contributed by atoms with Crippen molar-refractivity contribution in [2.24, 2.45) is 17.3 Å². The minimum Gasteiger partial charge on any atom is -0.396 e. The number of hydrogen-bond acceptors (Lipinski definition) is 3. The molecule has 2 saturated carbocycles. The Morgan fingerprint density at radius 3 is 3.04 bits per heavy atom. The van der Waals surface area contributed by atoms with Gasteiger partial charge in [-0.1, -0.05) is 12.5 Å². The Morgan fingerprint density at radius 2 is 2.26 bits per heavy atom. The Kier molecular flexibility index (Phi) is 3.60. The first kappa shape index (κ1) is 14.7. The molecule has 0 aromatic carbocycles. The summed E-state index contributed by atoms with van der Waals surface area (Å²) in [5.41, 5.74) is 1.14. The lowest BCUT2D eigenvalue weighted by Gasteiger charge is -2.34. The van der Waals surface area contributed by atoms with Gasteiger partial charge in [-0.05, 0) is 49.7 Å². The average molecular weight is 313 g/mol. The van der Waals surface area contributed by atoms with E-state index in [2.05, 4.69) is 10.3 Å². The molecule has 2 aliphatic carbocycles. The van der Waals surface area contributed by atoms with E-state index in [1.807, 2.05) is 28.8 Å². The molecule has 0 bridgehead atoms. The van der Waals surface area contributed by atoms with Gasteiger partial charge in [-0.15, -0.1) is 0 Å². The maximum atomic E-state index is 12.6. The van der Waals surface area contributed by atoms with E-state index in [-0.39, 0.29) is 17.9 Å². The zero-order valence-electron chi connectivity index (χ0n) is 13.2. The van der Waals surface area contributed by atoms with Crippen molar-refractivity contribution in [3.05, 3.63) is 36.4 Å².